The molecule has 0 spiro atoms. The van der Waals surface area contributed by atoms with Crippen LogP contribution in [0.5, 0.6) is 5.75 Å². The molecule has 0 aliphatic carbocycles. The first kappa shape index (κ1) is 59.1. The molecule has 3 aliphatic heterocycles. The van der Waals surface area contributed by atoms with Crippen molar-refractivity contribution in [2.75, 3.05) is 41.4 Å². The minimum atomic E-state index is -2.02. The first-order valence-corrected chi connectivity index (χ1v) is 24.9. The summed E-state index contributed by atoms with van der Waals surface area (Å²) in [5, 5.41) is 50.2. The fraction of sp³-hybridized carbons (Fsp3) is 0.804. The summed E-state index contributed by atoms with van der Waals surface area (Å²) >= 11 is 0. The normalized spacial score (nSPS) is 39.1. The largest absolute Gasteiger partial charge is 0.508 e. The molecular formula is C51H85N3O16. The number of likely N-dealkylation sites (N-methyl/N-ethyl adjacent to an activating group) is 1. The Morgan fingerprint density at radius 1 is 0.857 bits per heavy atom. The summed E-state index contributed by atoms with van der Waals surface area (Å²) in [6, 6.07) is 6.43. The van der Waals surface area contributed by atoms with Crippen LogP contribution in [0.3, 0.4) is 0 Å². The van der Waals surface area contributed by atoms with Crippen molar-refractivity contribution >= 4 is 23.8 Å². The number of phenolic OH excluding ortho intramolecular Hbond substituents is 1. The highest BCUT2D eigenvalue weighted by atomic mass is 16.7. The minimum Gasteiger partial charge on any atom is -0.508 e. The van der Waals surface area contributed by atoms with Gasteiger partial charge in [0.1, 0.15) is 34.9 Å². The van der Waals surface area contributed by atoms with E-state index in [1.807, 2.05) is 32.8 Å². The Morgan fingerprint density at radius 3 is 2.09 bits per heavy atom. The monoisotopic (exact) mass is 996 g/mol. The molecule has 1 aromatic rings. The third kappa shape index (κ3) is 14.6. The summed E-state index contributed by atoms with van der Waals surface area (Å²) in [7, 11) is 6.69. The lowest BCUT2D eigenvalue weighted by molar-refractivity contribution is -0.319. The van der Waals surface area contributed by atoms with Gasteiger partial charge >= 0.3 is 12.1 Å². The average Bonchev–Trinajstić information content (AvgIpc) is 3.31. The molecule has 0 bridgehead atoms. The first-order chi connectivity index (χ1) is 32.7. The first-order valence-electron chi connectivity index (χ1n) is 24.9. The number of ether oxygens (including phenoxy) is 8. The summed E-state index contributed by atoms with van der Waals surface area (Å²) in [6.07, 6.45) is -9.29. The Labute approximate surface area is 414 Å². The van der Waals surface area contributed by atoms with Crippen LogP contribution in [0.1, 0.15) is 113 Å². The van der Waals surface area contributed by atoms with Crippen LogP contribution in [0, 0.1) is 23.7 Å². The SMILES string of the molecule is CC[C@H]1OC(=O)[C@H](C)[C@@H](O[C@H]2C[C@@](C)(OC)[C@@H](OC(=O)NCCCC(=O)NCCc3ccc(O)cc3)[C@H](C)O2)[C@H](C)[C@@H](O[C@@H]2O[C@H](C)C[C@H](N(C)C)[C@H]2O)[C@](C)(OC)C[C@@H](C)C(=O)[C@H](C)[C@@H](O)[C@]1(C)O. The van der Waals surface area contributed by atoms with Crippen molar-refractivity contribution in [3.05, 3.63) is 29.8 Å². The van der Waals surface area contributed by atoms with Gasteiger partial charge in [-0.15, -0.1) is 0 Å². The standard InChI is InChI=1S/C51H85N3O16/c1-15-37-51(10,62)43(59)30(4)40(57)28(2)26-49(8,63-13)44(69-47-41(58)36(54(11)12)25-29(3)65-47)31(5)42(32(6)46(60)67-37)68-39-27-50(9,64-14)45(33(7)66-39)70-48(61)53-23-16-17-38(56)52-24-22-34-18-20-35(55)21-19-34/h18-21,28-33,36-37,39,41-45,47,55,58-59,62H,15-17,22-27H2,1-14H3,(H,52,56)(H,53,61)/t28-,29-,30+,31+,32-,33+,36+,37-,39+,41-,42+,43-,44-,45+,47+,49-,50-,51-/m1/s1. The van der Waals surface area contributed by atoms with Gasteiger partial charge in [-0.25, -0.2) is 4.79 Å². The molecule has 3 saturated heterocycles. The maximum Gasteiger partial charge on any atom is 0.407 e. The van der Waals surface area contributed by atoms with Gasteiger partial charge in [0.2, 0.25) is 5.91 Å². The number of hydrogen-bond donors (Lipinski definition) is 6. The number of carbonyl (C=O) groups is 4. The molecule has 70 heavy (non-hydrogen) atoms. The van der Waals surface area contributed by atoms with Gasteiger partial charge in [0.15, 0.2) is 18.7 Å². The summed E-state index contributed by atoms with van der Waals surface area (Å²) < 4.78 is 50.9. The molecule has 19 heteroatoms. The number of ketones is 1. The van der Waals surface area contributed by atoms with Gasteiger partial charge in [-0.3, -0.25) is 14.4 Å². The molecule has 3 heterocycles. The van der Waals surface area contributed by atoms with E-state index >= 15 is 0 Å². The van der Waals surface area contributed by atoms with E-state index in [0.717, 1.165) is 5.56 Å². The number of alkyl carbamates (subject to hydrolysis) is 1. The fourth-order valence-corrected chi connectivity index (χ4v) is 10.5. The number of benzene rings is 1. The lowest BCUT2D eigenvalue weighted by Crippen LogP contribution is -2.62. The highest BCUT2D eigenvalue weighted by Crippen LogP contribution is 2.42. The number of aliphatic hydroxyl groups is 3. The lowest BCUT2D eigenvalue weighted by atomic mass is 9.74. The number of methoxy groups -OCH3 is 2. The molecule has 400 valence electrons. The second-order valence-corrected chi connectivity index (χ2v) is 20.8. The quantitative estimate of drug-likeness (QED) is 0.101. The number of esters is 1. The predicted octanol–water partition coefficient (Wildman–Crippen LogP) is 4.02. The zero-order chi connectivity index (χ0) is 52.5. The molecule has 3 fully saturated rings. The molecule has 6 N–H and O–H groups in total. The summed E-state index contributed by atoms with van der Waals surface area (Å²) in [6.45, 7) is 17.5. The number of nitrogens with zero attached hydrogens (tertiary/aromatic N) is 1. The Balaban J connectivity index is 1.60. The predicted molar refractivity (Wildman–Crippen MR) is 257 cm³/mol. The molecule has 19 nitrogen and oxygen atoms in total. The van der Waals surface area contributed by atoms with Crippen LogP contribution < -0.4 is 10.6 Å². The van der Waals surface area contributed by atoms with Crippen LogP contribution >= 0.6 is 0 Å². The number of aliphatic hydroxyl groups excluding tert-OH is 2. The van der Waals surface area contributed by atoms with E-state index in [4.69, 9.17) is 37.9 Å². The summed E-state index contributed by atoms with van der Waals surface area (Å²) in [4.78, 5) is 56.3. The van der Waals surface area contributed by atoms with Crippen LogP contribution in [0.15, 0.2) is 24.3 Å². The number of amides is 2. The molecule has 0 unspecified atom stereocenters. The number of Topliss-reactive ketones (excluding diaryl/α,β-unsaturated/α-hetero) is 1. The van der Waals surface area contributed by atoms with Crippen LogP contribution in [-0.2, 0) is 58.7 Å². The lowest BCUT2D eigenvalue weighted by Gasteiger charge is -2.50. The Hall–Kier alpha value is -3.50. The number of hydrogen-bond acceptors (Lipinski definition) is 17. The topological polar surface area (TPSA) is 250 Å². The second kappa shape index (κ2) is 25.4. The molecule has 0 saturated carbocycles. The number of phenols is 1. The van der Waals surface area contributed by atoms with Gasteiger partial charge in [-0.05, 0) is 105 Å². The van der Waals surface area contributed by atoms with Crippen molar-refractivity contribution in [3.63, 3.8) is 0 Å². The number of aromatic hydroxyl groups is 1. The highest BCUT2D eigenvalue weighted by molar-refractivity contribution is 5.83. The van der Waals surface area contributed by atoms with Crippen LogP contribution in [0.25, 0.3) is 0 Å². The fourth-order valence-electron chi connectivity index (χ4n) is 10.5. The van der Waals surface area contributed by atoms with Gasteiger partial charge in [0.05, 0.1) is 42.0 Å². The average molecular weight is 996 g/mol. The van der Waals surface area contributed by atoms with Gasteiger partial charge in [-0.1, -0.05) is 39.8 Å². The zero-order valence-corrected chi connectivity index (χ0v) is 44.0. The Kier molecular flexibility index (Phi) is 21.5. The number of nitrogens with one attached hydrogen (secondary N) is 2. The van der Waals surface area contributed by atoms with Gasteiger partial charge in [-0.2, -0.15) is 0 Å². The Bertz CT molecular complexity index is 1850. The van der Waals surface area contributed by atoms with Crippen molar-refractivity contribution < 1.29 is 77.5 Å². The van der Waals surface area contributed by atoms with Crippen molar-refractivity contribution in [1.82, 2.24) is 15.5 Å². The van der Waals surface area contributed by atoms with E-state index in [-0.39, 0.29) is 61.8 Å². The molecule has 3 aliphatic rings. The van der Waals surface area contributed by atoms with Gasteiger partial charge in [0.25, 0.3) is 0 Å². The van der Waals surface area contributed by atoms with E-state index in [2.05, 4.69) is 10.6 Å². The molecule has 0 aromatic heterocycles. The minimum absolute atomic E-state index is 0.0164. The van der Waals surface area contributed by atoms with Crippen molar-refractivity contribution in [3.8, 4) is 5.75 Å². The molecule has 0 radical (unpaired) electrons. The van der Waals surface area contributed by atoms with E-state index in [1.165, 1.54) is 28.1 Å². The number of carbonyl (C=O) groups excluding carboxylic acids is 4. The maximum absolute atomic E-state index is 14.5. The highest BCUT2D eigenvalue weighted by Gasteiger charge is 2.55. The molecule has 18 atom stereocenters. The molecule has 2 amide bonds. The third-order valence-electron chi connectivity index (χ3n) is 15.0. The van der Waals surface area contributed by atoms with Crippen LogP contribution in [-0.4, -0.2) is 175 Å². The van der Waals surface area contributed by atoms with Crippen molar-refractivity contribution in [2.24, 2.45) is 23.7 Å². The van der Waals surface area contributed by atoms with Gasteiger partial charge < -0.3 is 73.9 Å². The van der Waals surface area contributed by atoms with Crippen LogP contribution in [0.4, 0.5) is 4.79 Å². The number of rotatable bonds is 16. The van der Waals surface area contributed by atoms with Crippen molar-refractivity contribution in [2.45, 2.75) is 198 Å². The van der Waals surface area contributed by atoms with E-state index in [0.29, 0.717) is 25.8 Å². The van der Waals surface area contributed by atoms with E-state index in [9.17, 15) is 39.6 Å². The summed E-state index contributed by atoms with van der Waals surface area (Å²) in [5.74, 6) is -4.83. The number of cyclic esters (lactones) is 1. The third-order valence-corrected chi connectivity index (χ3v) is 15.0. The molecule has 1 aromatic carbocycles. The van der Waals surface area contributed by atoms with E-state index in [1.54, 1.807) is 65.8 Å². The molecular weight excluding hydrogens is 911 g/mol. The maximum atomic E-state index is 14.5. The summed E-state index contributed by atoms with van der Waals surface area (Å²) in [5.41, 5.74) is -3.56. The smallest absolute Gasteiger partial charge is 0.407 e. The van der Waals surface area contributed by atoms with E-state index < -0.39 is 108 Å². The van der Waals surface area contributed by atoms with Crippen molar-refractivity contribution in [1.29, 1.82) is 0 Å². The van der Waals surface area contributed by atoms with Gasteiger partial charge in [0, 0.05) is 63.9 Å². The second-order valence-electron chi connectivity index (χ2n) is 20.8. The zero-order valence-electron chi connectivity index (χ0n) is 44.0. The van der Waals surface area contributed by atoms with Crippen LogP contribution in [0.2, 0.25) is 0 Å². The Morgan fingerprint density at radius 2 is 1.49 bits per heavy atom. The molecule has 4 rings (SSSR count).